The fraction of sp³-hybridized carbons (Fsp3) is 0.250. The lowest BCUT2D eigenvalue weighted by atomic mass is 10.1. The molecular formula is C16H17BrFNO. The Balaban J connectivity index is 1.92. The van der Waals surface area contributed by atoms with Crippen LogP contribution in [0.25, 0.3) is 0 Å². The molecule has 0 saturated carbocycles. The number of ether oxygens (including phenoxy) is 1. The first-order valence-corrected chi connectivity index (χ1v) is 7.20. The molecule has 4 heteroatoms. The lowest BCUT2D eigenvalue weighted by Crippen LogP contribution is -2.13. The van der Waals surface area contributed by atoms with Crippen LogP contribution in [0.1, 0.15) is 16.7 Å². The standard InChI is InChI=1S/C16H17BrFNO/c1-20-11-13-4-2-3-12(7-13)9-19-10-14-8-15(18)5-6-16(14)17/h2-8,19H,9-11H2,1H3. The summed E-state index contributed by atoms with van der Waals surface area (Å²) < 4.78 is 19.2. The summed E-state index contributed by atoms with van der Waals surface area (Å²) >= 11 is 3.43. The maximum Gasteiger partial charge on any atom is 0.123 e. The highest BCUT2D eigenvalue weighted by Gasteiger charge is 2.02. The number of hydrogen-bond acceptors (Lipinski definition) is 2. The lowest BCUT2D eigenvalue weighted by molar-refractivity contribution is 0.185. The van der Waals surface area contributed by atoms with Crippen LogP contribution in [0, 0.1) is 5.82 Å². The minimum atomic E-state index is -0.216. The van der Waals surface area contributed by atoms with Crippen molar-refractivity contribution in [3.8, 4) is 0 Å². The van der Waals surface area contributed by atoms with Crippen molar-refractivity contribution >= 4 is 15.9 Å². The highest BCUT2D eigenvalue weighted by Crippen LogP contribution is 2.17. The summed E-state index contributed by atoms with van der Waals surface area (Å²) in [5.41, 5.74) is 3.25. The van der Waals surface area contributed by atoms with Gasteiger partial charge in [-0.05, 0) is 34.9 Å². The third-order valence-corrected chi connectivity index (χ3v) is 3.73. The molecule has 0 aromatic heterocycles. The van der Waals surface area contributed by atoms with Gasteiger partial charge in [0.15, 0.2) is 0 Å². The fourth-order valence-corrected chi connectivity index (χ4v) is 2.40. The molecule has 0 fully saturated rings. The summed E-state index contributed by atoms with van der Waals surface area (Å²) in [4.78, 5) is 0. The molecule has 0 radical (unpaired) electrons. The molecule has 0 amide bonds. The fourth-order valence-electron chi connectivity index (χ4n) is 2.02. The zero-order valence-corrected chi connectivity index (χ0v) is 12.9. The molecule has 1 N–H and O–H groups in total. The maximum absolute atomic E-state index is 13.2. The van der Waals surface area contributed by atoms with Crippen LogP contribution in [0.4, 0.5) is 4.39 Å². The Morgan fingerprint density at radius 3 is 2.70 bits per heavy atom. The molecule has 0 aliphatic rings. The van der Waals surface area contributed by atoms with Crippen LogP contribution < -0.4 is 5.32 Å². The van der Waals surface area contributed by atoms with Gasteiger partial charge >= 0.3 is 0 Å². The number of hydrogen-bond donors (Lipinski definition) is 1. The molecule has 20 heavy (non-hydrogen) atoms. The first-order chi connectivity index (χ1) is 9.69. The van der Waals surface area contributed by atoms with Crippen LogP contribution in [-0.4, -0.2) is 7.11 Å². The molecule has 0 aliphatic carbocycles. The van der Waals surface area contributed by atoms with Gasteiger partial charge in [-0.1, -0.05) is 40.2 Å². The van der Waals surface area contributed by atoms with Gasteiger partial charge in [-0.25, -0.2) is 4.39 Å². The average molecular weight is 338 g/mol. The first-order valence-electron chi connectivity index (χ1n) is 6.40. The highest BCUT2D eigenvalue weighted by molar-refractivity contribution is 9.10. The summed E-state index contributed by atoms with van der Waals surface area (Å²) in [6.45, 7) is 1.97. The van der Waals surface area contributed by atoms with Gasteiger partial charge in [-0.3, -0.25) is 0 Å². The van der Waals surface area contributed by atoms with Crippen LogP contribution in [0.3, 0.4) is 0 Å². The Bertz CT molecular complexity index is 574. The molecule has 2 rings (SSSR count). The second kappa shape index (κ2) is 7.53. The summed E-state index contributed by atoms with van der Waals surface area (Å²) in [6.07, 6.45) is 0. The van der Waals surface area contributed by atoms with E-state index >= 15 is 0 Å². The molecule has 2 nitrogen and oxygen atoms in total. The summed E-state index contributed by atoms with van der Waals surface area (Å²) in [6, 6.07) is 12.9. The highest BCUT2D eigenvalue weighted by atomic mass is 79.9. The normalized spacial score (nSPS) is 10.8. The minimum absolute atomic E-state index is 0.216. The van der Waals surface area contributed by atoms with Gasteiger partial charge in [-0.2, -0.15) is 0 Å². The first kappa shape index (κ1) is 15.2. The Morgan fingerprint density at radius 2 is 1.90 bits per heavy atom. The minimum Gasteiger partial charge on any atom is -0.380 e. The smallest absolute Gasteiger partial charge is 0.123 e. The van der Waals surface area contributed by atoms with E-state index in [4.69, 9.17) is 4.74 Å². The summed E-state index contributed by atoms with van der Waals surface area (Å²) in [5, 5.41) is 3.32. The third-order valence-electron chi connectivity index (χ3n) is 2.95. The molecule has 0 aliphatic heterocycles. The molecule has 0 unspecified atom stereocenters. The van der Waals surface area contributed by atoms with Gasteiger partial charge in [-0.15, -0.1) is 0 Å². The van der Waals surface area contributed by atoms with Crippen molar-refractivity contribution in [2.24, 2.45) is 0 Å². The van der Waals surface area contributed by atoms with Crippen molar-refractivity contribution in [3.63, 3.8) is 0 Å². The van der Waals surface area contributed by atoms with Crippen molar-refractivity contribution in [1.29, 1.82) is 0 Å². The number of rotatable bonds is 6. The van der Waals surface area contributed by atoms with Crippen molar-refractivity contribution in [2.75, 3.05) is 7.11 Å². The largest absolute Gasteiger partial charge is 0.380 e. The van der Waals surface area contributed by atoms with Crippen LogP contribution in [-0.2, 0) is 24.4 Å². The van der Waals surface area contributed by atoms with E-state index in [1.54, 1.807) is 19.2 Å². The quantitative estimate of drug-likeness (QED) is 0.859. The Hall–Kier alpha value is -1.23. The zero-order chi connectivity index (χ0) is 14.4. The molecule has 106 valence electrons. The summed E-state index contributed by atoms with van der Waals surface area (Å²) in [7, 11) is 1.69. The number of nitrogens with one attached hydrogen (secondary N) is 1. The molecule has 0 bridgehead atoms. The molecular weight excluding hydrogens is 321 g/mol. The number of methoxy groups -OCH3 is 1. The average Bonchev–Trinajstić information content (AvgIpc) is 2.43. The Morgan fingerprint density at radius 1 is 1.10 bits per heavy atom. The molecule has 0 spiro atoms. The van der Waals surface area contributed by atoms with Crippen molar-refractivity contribution in [2.45, 2.75) is 19.7 Å². The topological polar surface area (TPSA) is 21.3 Å². The maximum atomic E-state index is 13.2. The number of halogens is 2. The van der Waals surface area contributed by atoms with Crippen molar-refractivity contribution in [1.82, 2.24) is 5.32 Å². The van der Waals surface area contributed by atoms with Crippen molar-refractivity contribution < 1.29 is 9.13 Å². The van der Waals surface area contributed by atoms with Crippen LogP contribution in [0.15, 0.2) is 46.9 Å². The second-order valence-electron chi connectivity index (χ2n) is 4.59. The van der Waals surface area contributed by atoms with Gasteiger partial charge in [0.05, 0.1) is 6.61 Å². The van der Waals surface area contributed by atoms with Crippen LogP contribution in [0.2, 0.25) is 0 Å². The van der Waals surface area contributed by atoms with E-state index in [-0.39, 0.29) is 5.82 Å². The van der Waals surface area contributed by atoms with Gasteiger partial charge < -0.3 is 10.1 Å². The predicted molar refractivity (Wildman–Crippen MR) is 81.8 cm³/mol. The van der Waals surface area contributed by atoms with Crippen LogP contribution in [0.5, 0.6) is 0 Å². The lowest BCUT2D eigenvalue weighted by Gasteiger charge is -2.08. The van der Waals surface area contributed by atoms with E-state index < -0.39 is 0 Å². The molecule has 2 aromatic carbocycles. The Labute approximate surface area is 127 Å². The van der Waals surface area contributed by atoms with E-state index in [0.717, 1.165) is 22.1 Å². The number of benzene rings is 2. The monoisotopic (exact) mass is 337 g/mol. The molecule has 0 saturated heterocycles. The SMILES string of the molecule is COCc1cccc(CNCc2cc(F)ccc2Br)c1. The van der Waals surface area contributed by atoms with E-state index in [0.29, 0.717) is 13.2 Å². The molecule has 0 heterocycles. The van der Waals surface area contributed by atoms with E-state index in [9.17, 15) is 4.39 Å². The molecule has 0 atom stereocenters. The summed E-state index contributed by atoms with van der Waals surface area (Å²) in [5.74, 6) is -0.216. The third kappa shape index (κ3) is 4.40. The predicted octanol–water partition coefficient (Wildman–Crippen LogP) is 4.02. The van der Waals surface area contributed by atoms with E-state index in [1.807, 2.05) is 12.1 Å². The van der Waals surface area contributed by atoms with E-state index in [1.165, 1.54) is 11.6 Å². The van der Waals surface area contributed by atoms with Gasteiger partial charge in [0, 0.05) is 24.7 Å². The Kier molecular flexibility index (Phi) is 5.71. The zero-order valence-electron chi connectivity index (χ0n) is 11.3. The van der Waals surface area contributed by atoms with E-state index in [2.05, 4.69) is 33.4 Å². The van der Waals surface area contributed by atoms with Gasteiger partial charge in [0.2, 0.25) is 0 Å². The molecule has 2 aromatic rings. The second-order valence-corrected chi connectivity index (χ2v) is 5.45. The van der Waals surface area contributed by atoms with Gasteiger partial charge in [0.1, 0.15) is 5.82 Å². The van der Waals surface area contributed by atoms with Crippen molar-refractivity contribution in [3.05, 3.63) is 69.4 Å². The van der Waals surface area contributed by atoms with Crippen LogP contribution >= 0.6 is 15.9 Å². The van der Waals surface area contributed by atoms with Gasteiger partial charge in [0.25, 0.3) is 0 Å².